The minimum Gasteiger partial charge on any atom is -0.390 e. The first-order valence-corrected chi connectivity index (χ1v) is 7.23. The molecule has 0 aliphatic heterocycles. The molecule has 1 heterocycles. The van der Waals surface area contributed by atoms with E-state index in [0.717, 1.165) is 25.7 Å². The number of aliphatic hydroxyl groups is 1. The molecule has 1 saturated carbocycles. The van der Waals surface area contributed by atoms with Gasteiger partial charge in [0.2, 0.25) is 0 Å². The Morgan fingerprint density at radius 3 is 2.81 bits per heavy atom. The minimum absolute atomic E-state index is 0.423. The summed E-state index contributed by atoms with van der Waals surface area (Å²) in [6.45, 7) is 4.45. The maximum atomic E-state index is 10.6. The summed E-state index contributed by atoms with van der Waals surface area (Å²) in [5.41, 5.74) is -0.423. The summed E-state index contributed by atoms with van der Waals surface area (Å²) < 4.78 is 0. The van der Waals surface area contributed by atoms with E-state index in [-0.39, 0.29) is 0 Å². The molecule has 0 amide bonds. The van der Waals surface area contributed by atoms with E-state index in [1.807, 2.05) is 11.3 Å². The lowest BCUT2D eigenvalue weighted by molar-refractivity contribution is -0.0117. The van der Waals surface area contributed by atoms with Gasteiger partial charge in [0.1, 0.15) is 0 Å². The fraction of sp³-hybridized carbons (Fsp3) is 0.714. The Balaban J connectivity index is 2.02. The van der Waals surface area contributed by atoms with Gasteiger partial charge in [0.05, 0.1) is 5.60 Å². The monoisotopic (exact) mass is 238 g/mol. The van der Waals surface area contributed by atoms with Gasteiger partial charge in [0.25, 0.3) is 0 Å². The topological polar surface area (TPSA) is 20.2 Å². The van der Waals surface area contributed by atoms with E-state index in [1.165, 1.54) is 22.6 Å². The van der Waals surface area contributed by atoms with E-state index in [1.54, 1.807) is 0 Å². The zero-order chi connectivity index (χ0) is 11.6. The summed E-state index contributed by atoms with van der Waals surface area (Å²) in [5, 5.41) is 10.6. The molecule has 90 valence electrons. The third-order valence-corrected chi connectivity index (χ3v) is 4.87. The van der Waals surface area contributed by atoms with Gasteiger partial charge < -0.3 is 5.11 Å². The molecule has 2 rings (SSSR count). The molecule has 1 N–H and O–H groups in total. The van der Waals surface area contributed by atoms with Crippen molar-refractivity contribution in [2.24, 2.45) is 5.92 Å². The Kier molecular flexibility index (Phi) is 3.70. The molecule has 1 aliphatic rings. The Morgan fingerprint density at radius 1 is 1.44 bits per heavy atom. The highest BCUT2D eigenvalue weighted by molar-refractivity contribution is 7.12. The zero-order valence-electron chi connectivity index (χ0n) is 10.3. The van der Waals surface area contributed by atoms with Gasteiger partial charge in [-0.3, -0.25) is 0 Å². The maximum absolute atomic E-state index is 10.6. The molecule has 2 unspecified atom stereocenters. The van der Waals surface area contributed by atoms with Gasteiger partial charge in [-0.1, -0.05) is 26.7 Å². The van der Waals surface area contributed by atoms with E-state index in [9.17, 15) is 5.11 Å². The van der Waals surface area contributed by atoms with Crippen LogP contribution in [0.15, 0.2) is 12.1 Å². The number of hydrogen-bond acceptors (Lipinski definition) is 2. The van der Waals surface area contributed by atoms with E-state index < -0.39 is 5.60 Å². The first-order valence-electron chi connectivity index (χ1n) is 6.41. The zero-order valence-corrected chi connectivity index (χ0v) is 11.1. The molecular formula is C14H22OS. The van der Waals surface area contributed by atoms with E-state index in [4.69, 9.17) is 0 Å². The second kappa shape index (κ2) is 4.89. The van der Waals surface area contributed by atoms with Crippen LogP contribution in [0.5, 0.6) is 0 Å². The molecule has 0 aromatic carbocycles. The summed E-state index contributed by atoms with van der Waals surface area (Å²) in [6, 6.07) is 4.40. The number of aryl methyl sites for hydroxylation is 1. The highest BCUT2D eigenvalue weighted by Crippen LogP contribution is 2.35. The van der Waals surface area contributed by atoms with Gasteiger partial charge in [-0.15, -0.1) is 11.3 Å². The van der Waals surface area contributed by atoms with Crippen molar-refractivity contribution in [1.82, 2.24) is 0 Å². The number of rotatable bonds is 3. The summed E-state index contributed by atoms with van der Waals surface area (Å²) in [6.07, 6.45) is 6.40. The van der Waals surface area contributed by atoms with Crippen molar-refractivity contribution in [2.75, 3.05) is 0 Å². The van der Waals surface area contributed by atoms with Gasteiger partial charge in [0.15, 0.2) is 0 Å². The van der Waals surface area contributed by atoms with Crippen LogP contribution in [0.1, 0.15) is 49.3 Å². The predicted molar refractivity (Wildman–Crippen MR) is 70.0 cm³/mol. The van der Waals surface area contributed by atoms with Crippen molar-refractivity contribution in [2.45, 2.75) is 58.0 Å². The lowest BCUT2D eigenvalue weighted by atomic mass is 9.77. The van der Waals surface area contributed by atoms with E-state index >= 15 is 0 Å². The van der Waals surface area contributed by atoms with Crippen molar-refractivity contribution in [3.8, 4) is 0 Å². The van der Waals surface area contributed by atoms with Crippen LogP contribution in [0.2, 0.25) is 0 Å². The minimum atomic E-state index is -0.423. The summed E-state index contributed by atoms with van der Waals surface area (Å²) in [4.78, 5) is 2.79. The molecule has 1 aliphatic carbocycles. The van der Waals surface area contributed by atoms with Crippen LogP contribution in [0, 0.1) is 5.92 Å². The Morgan fingerprint density at radius 2 is 2.19 bits per heavy atom. The molecule has 0 bridgehead atoms. The first-order chi connectivity index (χ1) is 7.61. The molecule has 16 heavy (non-hydrogen) atoms. The van der Waals surface area contributed by atoms with Crippen LogP contribution in [0.3, 0.4) is 0 Å². The normalized spacial score (nSPS) is 30.6. The summed E-state index contributed by atoms with van der Waals surface area (Å²) in [5.74, 6) is 0.685. The fourth-order valence-corrected chi connectivity index (χ4v) is 3.92. The fourth-order valence-electron chi connectivity index (χ4n) is 2.82. The molecule has 2 atom stereocenters. The van der Waals surface area contributed by atoms with Crippen LogP contribution in [0.4, 0.5) is 0 Å². The van der Waals surface area contributed by atoms with Gasteiger partial charge in [-0.25, -0.2) is 0 Å². The van der Waals surface area contributed by atoms with Crippen LogP contribution in [-0.4, -0.2) is 10.7 Å². The summed E-state index contributed by atoms with van der Waals surface area (Å²) in [7, 11) is 0. The third-order valence-electron chi connectivity index (χ3n) is 3.64. The van der Waals surface area contributed by atoms with Crippen molar-refractivity contribution < 1.29 is 5.11 Å². The van der Waals surface area contributed by atoms with Crippen LogP contribution < -0.4 is 0 Å². The van der Waals surface area contributed by atoms with Crippen molar-refractivity contribution in [3.63, 3.8) is 0 Å². The predicted octanol–water partition coefficient (Wildman–Crippen LogP) is 3.79. The standard InChI is InChI=1S/C14H22OS/c1-3-12-6-7-13(16-12)10-14(15)8-4-5-11(2)9-14/h6-7,11,15H,3-5,8-10H2,1-2H3. The Hall–Kier alpha value is -0.340. The molecule has 0 radical (unpaired) electrons. The van der Waals surface area contributed by atoms with Crippen molar-refractivity contribution >= 4 is 11.3 Å². The molecule has 1 fully saturated rings. The van der Waals surface area contributed by atoms with Crippen LogP contribution in [0.25, 0.3) is 0 Å². The molecule has 1 aromatic heterocycles. The Labute approximate surface area is 103 Å². The summed E-state index contributed by atoms with van der Waals surface area (Å²) >= 11 is 1.87. The van der Waals surface area contributed by atoms with Crippen LogP contribution >= 0.6 is 11.3 Å². The van der Waals surface area contributed by atoms with Gasteiger partial charge in [-0.2, -0.15) is 0 Å². The molecule has 1 aromatic rings. The van der Waals surface area contributed by atoms with Crippen molar-refractivity contribution in [1.29, 1.82) is 0 Å². The second-order valence-corrected chi connectivity index (χ2v) is 6.58. The molecule has 0 saturated heterocycles. The third kappa shape index (κ3) is 2.86. The molecule has 1 nitrogen and oxygen atoms in total. The Bertz CT molecular complexity index is 344. The molecular weight excluding hydrogens is 216 g/mol. The average Bonchev–Trinajstić information content (AvgIpc) is 2.64. The van der Waals surface area contributed by atoms with Gasteiger partial charge in [0, 0.05) is 16.2 Å². The van der Waals surface area contributed by atoms with E-state index in [2.05, 4.69) is 26.0 Å². The second-order valence-electron chi connectivity index (χ2n) is 5.32. The van der Waals surface area contributed by atoms with E-state index in [0.29, 0.717) is 5.92 Å². The maximum Gasteiger partial charge on any atom is 0.0698 e. The molecule has 2 heteroatoms. The lowest BCUT2D eigenvalue weighted by Crippen LogP contribution is -2.36. The first kappa shape index (κ1) is 12.1. The van der Waals surface area contributed by atoms with Gasteiger partial charge >= 0.3 is 0 Å². The quantitative estimate of drug-likeness (QED) is 0.849. The SMILES string of the molecule is CCc1ccc(CC2(O)CCCC(C)C2)s1. The van der Waals surface area contributed by atoms with Crippen LogP contribution in [-0.2, 0) is 12.8 Å². The highest BCUT2D eigenvalue weighted by Gasteiger charge is 2.32. The highest BCUT2D eigenvalue weighted by atomic mass is 32.1. The lowest BCUT2D eigenvalue weighted by Gasteiger charge is -2.35. The van der Waals surface area contributed by atoms with Gasteiger partial charge in [-0.05, 0) is 37.3 Å². The number of thiophene rings is 1. The molecule has 0 spiro atoms. The van der Waals surface area contributed by atoms with Crippen molar-refractivity contribution in [3.05, 3.63) is 21.9 Å². The smallest absolute Gasteiger partial charge is 0.0698 e. The largest absolute Gasteiger partial charge is 0.390 e. The number of hydrogen-bond donors (Lipinski definition) is 1. The average molecular weight is 238 g/mol.